The number of H-pyrrole nitrogens is 1. The van der Waals surface area contributed by atoms with E-state index in [-0.39, 0.29) is 10.8 Å². The van der Waals surface area contributed by atoms with Crippen molar-refractivity contribution in [2.45, 2.75) is 17.7 Å². The van der Waals surface area contributed by atoms with Crippen molar-refractivity contribution in [3.8, 4) is 11.4 Å². The highest BCUT2D eigenvalue weighted by Gasteiger charge is 2.29. The Kier molecular flexibility index (Phi) is 5.73. The Morgan fingerprint density at radius 1 is 0.865 bits per heavy atom. The minimum absolute atomic E-state index is 0.163. The summed E-state index contributed by atoms with van der Waals surface area (Å²) in [7, 11) is -3.73. The van der Waals surface area contributed by atoms with Crippen LogP contribution in [-0.2, 0) is 16.4 Å². The maximum Gasteiger partial charge on any atom is 0.264 e. The van der Waals surface area contributed by atoms with Crippen molar-refractivity contribution in [1.82, 2.24) is 9.97 Å². The van der Waals surface area contributed by atoms with Gasteiger partial charge in [0.05, 0.1) is 21.6 Å². The van der Waals surface area contributed by atoms with Gasteiger partial charge in [0.25, 0.3) is 15.9 Å². The molecule has 5 aromatic rings. The summed E-state index contributed by atoms with van der Waals surface area (Å²) < 4.78 is 28.2. The van der Waals surface area contributed by atoms with Crippen molar-refractivity contribution in [2.75, 3.05) is 16.2 Å². The number of hydrogen-bond donors (Lipinski definition) is 2. The fourth-order valence-corrected chi connectivity index (χ4v) is 6.20. The molecular weight excluding hydrogens is 484 g/mol. The number of carbonyl (C=O) groups excluding carboxylic acids is 1. The highest BCUT2D eigenvalue weighted by molar-refractivity contribution is 7.92. The number of aryl methyl sites for hydroxylation is 1. The lowest BCUT2D eigenvalue weighted by molar-refractivity contribution is 0.102. The van der Waals surface area contributed by atoms with Gasteiger partial charge in [-0.1, -0.05) is 30.3 Å². The average Bonchev–Trinajstić information content (AvgIpc) is 3.37. The number of aromatic nitrogens is 2. The maximum atomic E-state index is 13.3. The van der Waals surface area contributed by atoms with Gasteiger partial charge in [-0.2, -0.15) is 0 Å². The van der Waals surface area contributed by atoms with Gasteiger partial charge in [0.2, 0.25) is 0 Å². The molecule has 8 heteroatoms. The molecule has 0 saturated carbocycles. The summed E-state index contributed by atoms with van der Waals surface area (Å²) in [5, 5.41) is 2.87. The molecule has 0 radical (unpaired) electrons. The van der Waals surface area contributed by atoms with E-state index in [4.69, 9.17) is 0 Å². The van der Waals surface area contributed by atoms with Crippen molar-refractivity contribution >= 4 is 38.3 Å². The van der Waals surface area contributed by atoms with Crippen LogP contribution >= 0.6 is 0 Å². The normalized spacial score (nSPS) is 13.4. The molecule has 6 rings (SSSR count). The van der Waals surface area contributed by atoms with Gasteiger partial charge in [-0.15, -0.1) is 0 Å². The number of imidazole rings is 1. The van der Waals surface area contributed by atoms with Crippen LogP contribution in [0.4, 0.5) is 11.4 Å². The van der Waals surface area contributed by atoms with Crippen LogP contribution in [0.1, 0.15) is 22.3 Å². The predicted molar refractivity (Wildman–Crippen MR) is 145 cm³/mol. The topological polar surface area (TPSA) is 95.2 Å². The lowest BCUT2D eigenvalue weighted by Crippen LogP contribution is -2.35. The third-order valence-corrected chi connectivity index (χ3v) is 8.41. The second kappa shape index (κ2) is 9.22. The van der Waals surface area contributed by atoms with Crippen LogP contribution in [0, 0.1) is 0 Å². The molecule has 184 valence electrons. The Bertz CT molecular complexity index is 1680. The second-order valence-electron chi connectivity index (χ2n) is 8.97. The van der Waals surface area contributed by atoms with E-state index in [1.807, 2.05) is 72.8 Å². The lowest BCUT2D eigenvalue weighted by Gasteiger charge is -2.30. The standard InChI is InChI=1S/C29H24N4O3S/c34-29(30-23-15-11-21(12-16-23)28-31-25-8-2-3-9-26(25)32-28)22-13-17-24(18-14-22)37(35,36)33-19-5-7-20-6-1-4-10-27(20)33/h1-4,6,8-18H,5,7,19H2,(H,30,34)(H,31,32). The number of sulfonamides is 1. The van der Waals surface area contributed by atoms with Crippen LogP contribution in [-0.4, -0.2) is 30.8 Å². The zero-order valence-corrected chi connectivity index (χ0v) is 20.7. The number of nitrogens with zero attached hydrogens (tertiary/aromatic N) is 2. The lowest BCUT2D eigenvalue weighted by atomic mass is 10.0. The largest absolute Gasteiger partial charge is 0.338 e. The smallest absolute Gasteiger partial charge is 0.264 e. The van der Waals surface area contributed by atoms with Gasteiger partial charge in [0.1, 0.15) is 5.82 Å². The maximum absolute atomic E-state index is 13.3. The first kappa shape index (κ1) is 23.0. The van der Waals surface area contributed by atoms with Crippen LogP contribution in [0.5, 0.6) is 0 Å². The Balaban J connectivity index is 1.17. The molecule has 0 spiro atoms. The first-order valence-corrected chi connectivity index (χ1v) is 13.5. The van der Waals surface area contributed by atoms with E-state index >= 15 is 0 Å². The van der Waals surface area contributed by atoms with Gasteiger partial charge in [-0.25, -0.2) is 13.4 Å². The van der Waals surface area contributed by atoms with E-state index in [2.05, 4.69) is 15.3 Å². The Labute approximate surface area is 214 Å². The van der Waals surface area contributed by atoms with Gasteiger partial charge < -0.3 is 10.3 Å². The van der Waals surface area contributed by atoms with Gasteiger partial charge in [-0.05, 0) is 85.1 Å². The quantitative estimate of drug-likeness (QED) is 0.322. The number of hydrogen-bond acceptors (Lipinski definition) is 4. The van der Waals surface area contributed by atoms with Crippen LogP contribution in [0.25, 0.3) is 22.4 Å². The van der Waals surface area contributed by atoms with Crippen LogP contribution in [0.2, 0.25) is 0 Å². The Hall–Kier alpha value is -4.43. The molecule has 0 saturated heterocycles. The van der Waals surface area contributed by atoms with Gasteiger partial charge in [0.15, 0.2) is 0 Å². The second-order valence-corrected chi connectivity index (χ2v) is 10.8. The fourth-order valence-electron chi connectivity index (χ4n) is 4.66. The first-order chi connectivity index (χ1) is 18.0. The van der Waals surface area contributed by atoms with Crippen molar-refractivity contribution in [1.29, 1.82) is 0 Å². The molecule has 1 aromatic heterocycles. The van der Waals surface area contributed by atoms with E-state index < -0.39 is 10.0 Å². The number of aromatic amines is 1. The summed E-state index contributed by atoms with van der Waals surface area (Å²) >= 11 is 0. The third kappa shape index (κ3) is 4.36. The Morgan fingerprint density at radius 3 is 2.38 bits per heavy atom. The minimum Gasteiger partial charge on any atom is -0.338 e. The van der Waals surface area contributed by atoms with Crippen LogP contribution in [0.15, 0.2) is 102 Å². The van der Waals surface area contributed by atoms with Gasteiger partial charge in [-0.3, -0.25) is 9.10 Å². The van der Waals surface area contributed by atoms with Gasteiger partial charge in [0, 0.05) is 23.4 Å². The molecule has 2 N–H and O–H groups in total. The number of rotatable bonds is 5. The van der Waals surface area contributed by atoms with E-state index in [1.54, 1.807) is 12.1 Å². The number of carbonyl (C=O) groups is 1. The molecule has 0 unspecified atom stereocenters. The molecular formula is C29H24N4O3S. The number of amides is 1. The molecule has 1 aliphatic rings. The van der Waals surface area contributed by atoms with Crippen molar-refractivity contribution < 1.29 is 13.2 Å². The summed E-state index contributed by atoms with van der Waals surface area (Å²) in [6.07, 6.45) is 1.63. The number of benzene rings is 4. The number of fused-ring (bicyclic) bond motifs is 2. The van der Waals surface area contributed by atoms with E-state index in [0.29, 0.717) is 17.8 Å². The number of nitrogens with one attached hydrogen (secondary N) is 2. The van der Waals surface area contributed by atoms with E-state index in [1.165, 1.54) is 16.4 Å². The molecule has 1 amide bonds. The van der Waals surface area contributed by atoms with Crippen molar-refractivity contribution in [3.63, 3.8) is 0 Å². The first-order valence-electron chi connectivity index (χ1n) is 12.1. The molecule has 2 heterocycles. The summed E-state index contributed by atoms with van der Waals surface area (Å²) in [6.45, 7) is 0.436. The summed E-state index contributed by atoms with van der Waals surface area (Å²) in [5.41, 5.74) is 5.52. The molecule has 0 aliphatic carbocycles. The summed E-state index contributed by atoms with van der Waals surface area (Å²) in [5.74, 6) is 0.441. The molecule has 37 heavy (non-hydrogen) atoms. The van der Waals surface area contributed by atoms with Crippen LogP contribution < -0.4 is 9.62 Å². The zero-order valence-electron chi connectivity index (χ0n) is 19.9. The van der Waals surface area contributed by atoms with Crippen LogP contribution in [0.3, 0.4) is 0 Å². The zero-order chi connectivity index (χ0) is 25.4. The molecule has 4 aromatic carbocycles. The minimum atomic E-state index is -3.73. The molecule has 7 nitrogen and oxygen atoms in total. The van der Waals surface area contributed by atoms with E-state index in [0.717, 1.165) is 46.5 Å². The predicted octanol–water partition coefficient (Wildman–Crippen LogP) is 5.62. The fraction of sp³-hybridized carbons (Fsp3) is 0.103. The summed E-state index contributed by atoms with van der Waals surface area (Å²) in [6, 6.07) is 28.9. The van der Waals surface area contributed by atoms with E-state index in [9.17, 15) is 13.2 Å². The molecule has 0 fully saturated rings. The van der Waals surface area contributed by atoms with Crippen molar-refractivity contribution in [2.24, 2.45) is 0 Å². The number of anilines is 2. The molecule has 0 bridgehead atoms. The highest BCUT2D eigenvalue weighted by Crippen LogP contribution is 2.32. The molecule has 0 atom stereocenters. The SMILES string of the molecule is O=C(Nc1ccc(-c2nc3ccccc3[nH]2)cc1)c1ccc(S(=O)(=O)N2CCCc3ccccc32)cc1. The monoisotopic (exact) mass is 508 g/mol. The summed E-state index contributed by atoms with van der Waals surface area (Å²) in [4.78, 5) is 20.9. The Morgan fingerprint density at radius 2 is 1.59 bits per heavy atom. The average molecular weight is 509 g/mol. The number of para-hydroxylation sites is 3. The van der Waals surface area contributed by atoms with Crippen molar-refractivity contribution in [3.05, 3.63) is 108 Å². The molecule has 1 aliphatic heterocycles. The van der Waals surface area contributed by atoms with Gasteiger partial charge >= 0.3 is 0 Å². The third-order valence-electron chi connectivity index (χ3n) is 6.58. The highest BCUT2D eigenvalue weighted by atomic mass is 32.2.